The lowest BCUT2D eigenvalue weighted by Crippen LogP contribution is -2.41. The third-order valence-corrected chi connectivity index (χ3v) is 5.39. The van der Waals surface area contributed by atoms with Gasteiger partial charge < -0.3 is 16.2 Å². The second-order valence-electron chi connectivity index (χ2n) is 7.83. The zero-order chi connectivity index (χ0) is 25.5. The smallest absolute Gasteiger partial charge is 0.294 e. The Bertz CT molecular complexity index is 1440. The number of halogens is 5. The number of aryl methyl sites for hydroxylation is 1. The van der Waals surface area contributed by atoms with E-state index in [0.29, 0.717) is 23.3 Å². The van der Waals surface area contributed by atoms with Gasteiger partial charge in [0.15, 0.2) is 17.3 Å². The number of rotatable bonds is 6. The first kappa shape index (κ1) is 24.1. The van der Waals surface area contributed by atoms with E-state index in [-0.39, 0.29) is 17.1 Å². The molecule has 0 spiro atoms. The first-order valence-corrected chi connectivity index (χ1v) is 10.2. The maximum atomic E-state index is 15.4. The van der Waals surface area contributed by atoms with Gasteiger partial charge in [-0.3, -0.25) is 4.79 Å². The van der Waals surface area contributed by atoms with Gasteiger partial charge >= 0.3 is 0 Å². The second-order valence-corrected chi connectivity index (χ2v) is 7.83. The fraction of sp³-hybridized carbons (Fsp3) is 0.174. The highest BCUT2D eigenvalue weighted by Crippen LogP contribution is 2.32. The fourth-order valence-electron chi connectivity index (χ4n) is 3.55. The van der Waals surface area contributed by atoms with Crippen molar-refractivity contribution in [2.24, 2.45) is 0 Å². The maximum absolute atomic E-state index is 15.4. The number of hydrogen-bond donors (Lipinski definition) is 3. The molecule has 1 amide bonds. The first-order chi connectivity index (χ1) is 16.5. The van der Waals surface area contributed by atoms with Crippen LogP contribution in [0.1, 0.15) is 27.6 Å². The van der Waals surface area contributed by atoms with Crippen LogP contribution in [0.4, 0.5) is 27.9 Å². The van der Waals surface area contributed by atoms with Crippen LogP contribution >= 0.6 is 0 Å². The highest BCUT2D eigenvalue weighted by Gasteiger charge is 2.40. The zero-order valence-corrected chi connectivity index (χ0v) is 18.1. The molecule has 2 aromatic heterocycles. The summed E-state index contributed by atoms with van der Waals surface area (Å²) in [7, 11) is 0. The van der Waals surface area contributed by atoms with Crippen molar-refractivity contribution in [3.63, 3.8) is 0 Å². The van der Waals surface area contributed by atoms with Gasteiger partial charge in [-0.15, -0.1) is 5.10 Å². The molecule has 0 aliphatic carbocycles. The lowest BCUT2D eigenvalue weighted by molar-refractivity contribution is -0.106. The largest absolute Gasteiger partial charge is 0.382 e. The van der Waals surface area contributed by atoms with Gasteiger partial charge in [0, 0.05) is 11.8 Å². The van der Waals surface area contributed by atoms with Crippen LogP contribution in [0.25, 0.3) is 16.8 Å². The molecule has 0 bridgehead atoms. The summed E-state index contributed by atoms with van der Waals surface area (Å²) in [6.45, 7) is 0.0402. The van der Waals surface area contributed by atoms with Gasteiger partial charge in [0.1, 0.15) is 11.9 Å². The van der Waals surface area contributed by atoms with E-state index in [0.717, 1.165) is 6.07 Å². The standard InChI is InChI=1S/C23H18F5N5O2/c1-11-2-4-14(12-6-7-33-17(9-12)31-22(29)32-33)19(26)18(11)21(35)30-10-23(27,28)20(34)13-3-5-15(24)16(25)8-13/h2-9,20,34H,10H2,1H3,(H2,29,32)(H,30,35). The van der Waals surface area contributed by atoms with Crippen LogP contribution in [0.15, 0.2) is 48.7 Å². The zero-order valence-electron chi connectivity index (χ0n) is 18.1. The Morgan fingerprint density at radius 2 is 1.89 bits per heavy atom. The molecule has 2 heterocycles. The van der Waals surface area contributed by atoms with E-state index in [1.165, 1.54) is 41.9 Å². The molecule has 4 rings (SSSR count). The number of alkyl halides is 2. The van der Waals surface area contributed by atoms with Crippen molar-refractivity contribution < 1.29 is 31.9 Å². The number of carbonyl (C=O) groups excluding carboxylic acids is 1. The molecule has 12 heteroatoms. The number of carbonyl (C=O) groups is 1. The number of nitrogen functional groups attached to an aromatic ring is 1. The molecular weight excluding hydrogens is 473 g/mol. The van der Waals surface area contributed by atoms with Gasteiger partial charge in [-0.05, 0) is 47.9 Å². The molecule has 0 aliphatic heterocycles. The number of nitrogens with two attached hydrogens (primary N) is 1. The van der Waals surface area contributed by atoms with Crippen molar-refractivity contribution in [3.05, 3.63) is 82.8 Å². The second kappa shape index (κ2) is 8.95. The minimum absolute atomic E-state index is 0.0121. The van der Waals surface area contributed by atoms with Gasteiger partial charge in [-0.25, -0.2) is 26.5 Å². The number of fused-ring (bicyclic) bond motifs is 1. The van der Waals surface area contributed by atoms with Gasteiger partial charge in [0.25, 0.3) is 11.8 Å². The molecule has 1 atom stereocenters. The molecule has 4 aromatic rings. The summed E-state index contributed by atoms with van der Waals surface area (Å²) >= 11 is 0. The molecule has 7 nitrogen and oxygen atoms in total. The average Bonchev–Trinajstić information content (AvgIpc) is 3.18. The van der Waals surface area contributed by atoms with E-state index >= 15 is 4.39 Å². The SMILES string of the molecule is Cc1ccc(-c2ccn3nc(N)nc3c2)c(F)c1C(=O)NCC(F)(F)C(O)c1ccc(F)c(F)c1. The Labute approximate surface area is 195 Å². The monoisotopic (exact) mass is 491 g/mol. The third kappa shape index (κ3) is 4.64. The summed E-state index contributed by atoms with van der Waals surface area (Å²) in [5.74, 6) is -8.74. The van der Waals surface area contributed by atoms with Crippen molar-refractivity contribution in [1.29, 1.82) is 0 Å². The minimum Gasteiger partial charge on any atom is -0.382 e. The number of anilines is 1. The van der Waals surface area contributed by atoms with Crippen molar-refractivity contribution in [2.45, 2.75) is 19.0 Å². The van der Waals surface area contributed by atoms with Gasteiger partial charge in [-0.2, -0.15) is 4.98 Å². The number of aliphatic hydroxyl groups is 1. The maximum Gasteiger partial charge on any atom is 0.294 e. The quantitative estimate of drug-likeness (QED) is 0.356. The summed E-state index contributed by atoms with van der Waals surface area (Å²) in [6, 6.07) is 7.71. The predicted molar refractivity (Wildman–Crippen MR) is 116 cm³/mol. The van der Waals surface area contributed by atoms with Crippen LogP contribution in [0.3, 0.4) is 0 Å². The number of pyridine rings is 1. The Kier molecular flexibility index (Phi) is 6.15. The number of nitrogens with one attached hydrogen (secondary N) is 1. The Hall–Kier alpha value is -4.06. The van der Waals surface area contributed by atoms with Crippen molar-refractivity contribution in [2.75, 3.05) is 12.3 Å². The number of aliphatic hydroxyl groups excluding tert-OH is 1. The van der Waals surface area contributed by atoms with E-state index in [1.807, 2.05) is 5.32 Å². The van der Waals surface area contributed by atoms with E-state index in [4.69, 9.17) is 5.73 Å². The molecule has 35 heavy (non-hydrogen) atoms. The molecule has 182 valence electrons. The summed E-state index contributed by atoms with van der Waals surface area (Å²) in [4.78, 5) is 16.7. The van der Waals surface area contributed by atoms with Crippen LogP contribution in [-0.4, -0.2) is 38.1 Å². The Balaban J connectivity index is 1.57. The molecule has 0 fully saturated rings. The van der Waals surface area contributed by atoms with Crippen LogP contribution in [-0.2, 0) is 0 Å². The summed E-state index contributed by atoms with van der Waals surface area (Å²) in [6.07, 6.45) is -1.05. The highest BCUT2D eigenvalue weighted by atomic mass is 19.3. The van der Waals surface area contributed by atoms with E-state index in [9.17, 15) is 27.5 Å². The van der Waals surface area contributed by atoms with Crippen LogP contribution in [0.2, 0.25) is 0 Å². The lowest BCUT2D eigenvalue weighted by Gasteiger charge is -2.23. The molecule has 2 aromatic carbocycles. The van der Waals surface area contributed by atoms with E-state index < -0.39 is 53.1 Å². The lowest BCUT2D eigenvalue weighted by atomic mass is 9.98. The average molecular weight is 491 g/mol. The van der Waals surface area contributed by atoms with Gasteiger partial charge in [0.05, 0.1) is 12.1 Å². The molecule has 0 aliphatic rings. The highest BCUT2D eigenvalue weighted by molar-refractivity contribution is 5.97. The molecule has 0 saturated carbocycles. The van der Waals surface area contributed by atoms with Crippen LogP contribution in [0, 0.1) is 24.4 Å². The van der Waals surface area contributed by atoms with Crippen LogP contribution < -0.4 is 11.1 Å². The Morgan fingerprint density at radius 1 is 1.14 bits per heavy atom. The third-order valence-electron chi connectivity index (χ3n) is 5.39. The first-order valence-electron chi connectivity index (χ1n) is 10.2. The number of amides is 1. The number of benzene rings is 2. The van der Waals surface area contributed by atoms with E-state index in [1.54, 1.807) is 0 Å². The summed E-state index contributed by atoms with van der Waals surface area (Å²) in [5.41, 5.74) is 5.36. The molecule has 1 unspecified atom stereocenters. The molecule has 4 N–H and O–H groups in total. The van der Waals surface area contributed by atoms with Crippen molar-refractivity contribution in [1.82, 2.24) is 19.9 Å². The predicted octanol–water partition coefficient (Wildman–Crippen LogP) is 3.80. The molecule has 0 radical (unpaired) electrons. The van der Waals surface area contributed by atoms with E-state index in [2.05, 4.69) is 10.1 Å². The molecule has 0 saturated heterocycles. The number of hydrogen-bond acceptors (Lipinski definition) is 5. The molecular formula is C23H18F5N5O2. The summed E-state index contributed by atoms with van der Waals surface area (Å²) < 4.78 is 72.2. The summed E-state index contributed by atoms with van der Waals surface area (Å²) in [5, 5.41) is 15.8. The number of nitrogens with zero attached hydrogens (tertiary/aromatic N) is 3. The van der Waals surface area contributed by atoms with Gasteiger partial charge in [-0.1, -0.05) is 18.2 Å². The fourth-order valence-corrected chi connectivity index (χ4v) is 3.55. The normalized spacial score (nSPS) is 12.7. The topological polar surface area (TPSA) is 106 Å². The van der Waals surface area contributed by atoms with Crippen molar-refractivity contribution in [3.8, 4) is 11.1 Å². The van der Waals surface area contributed by atoms with Crippen LogP contribution in [0.5, 0.6) is 0 Å². The Morgan fingerprint density at radius 3 is 2.60 bits per heavy atom. The minimum atomic E-state index is -3.97. The number of aromatic nitrogens is 3. The van der Waals surface area contributed by atoms with Crippen molar-refractivity contribution >= 4 is 17.5 Å². The van der Waals surface area contributed by atoms with Gasteiger partial charge in [0.2, 0.25) is 5.95 Å².